The summed E-state index contributed by atoms with van der Waals surface area (Å²) in [5, 5.41) is 12.4. The molecule has 1 fully saturated rings. The Labute approximate surface area is 106 Å². The molecule has 1 aliphatic rings. The van der Waals surface area contributed by atoms with Gasteiger partial charge in [-0.1, -0.05) is 5.46 Å². The fourth-order valence-electron chi connectivity index (χ4n) is 1.88. The van der Waals surface area contributed by atoms with Gasteiger partial charge in [-0.2, -0.15) is 11.8 Å². The van der Waals surface area contributed by atoms with E-state index in [-0.39, 0.29) is 5.56 Å². The van der Waals surface area contributed by atoms with Crippen LogP contribution in [0.4, 0.5) is 5.82 Å². The molecule has 0 aliphatic carbocycles. The molecule has 0 atom stereocenters. The number of thioether (sulfide) groups is 1. The van der Waals surface area contributed by atoms with Gasteiger partial charge < -0.3 is 10.4 Å². The van der Waals surface area contributed by atoms with Crippen LogP contribution in [0.2, 0.25) is 0 Å². The van der Waals surface area contributed by atoms with Crippen molar-refractivity contribution in [2.45, 2.75) is 18.9 Å². The number of carbonyl (C=O) groups is 1. The third kappa shape index (κ3) is 3.15. The monoisotopic (exact) mass is 250 g/mol. The Balaban J connectivity index is 2.16. The Morgan fingerprint density at radius 3 is 2.88 bits per heavy atom. The smallest absolute Gasteiger partial charge is 0.339 e. The van der Waals surface area contributed by atoms with Crippen LogP contribution >= 0.6 is 11.8 Å². The number of pyridine rings is 1. The summed E-state index contributed by atoms with van der Waals surface area (Å²) >= 11 is 1.95. The molecular formula is C11H15BN2O2S. The van der Waals surface area contributed by atoms with E-state index in [9.17, 15) is 4.79 Å². The molecule has 0 unspecified atom stereocenters. The van der Waals surface area contributed by atoms with Gasteiger partial charge in [-0.15, -0.1) is 0 Å². The van der Waals surface area contributed by atoms with Crippen LogP contribution in [0.5, 0.6) is 0 Å². The van der Waals surface area contributed by atoms with E-state index >= 15 is 0 Å². The number of aromatic carboxylic acids is 1. The van der Waals surface area contributed by atoms with Crippen molar-refractivity contribution in [1.29, 1.82) is 0 Å². The fourth-order valence-corrected chi connectivity index (χ4v) is 2.99. The van der Waals surface area contributed by atoms with Crippen LogP contribution in [-0.4, -0.2) is 41.5 Å². The van der Waals surface area contributed by atoms with E-state index in [0.717, 1.165) is 29.8 Å². The first-order valence-electron chi connectivity index (χ1n) is 5.71. The van der Waals surface area contributed by atoms with Crippen LogP contribution in [0, 0.1) is 0 Å². The zero-order chi connectivity index (χ0) is 12.3. The summed E-state index contributed by atoms with van der Waals surface area (Å²) in [6.07, 6.45) is 3.84. The average Bonchev–Trinajstić information content (AvgIpc) is 2.32. The molecule has 1 aliphatic heterocycles. The van der Waals surface area contributed by atoms with Crippen molar-refractivity contribution in [1.82, 2.24) is 4.98 Å². The van der Waals surface area contributed by atoms with Crippen LogP contribution in [0.15, 0.2) is 12.3 Å². The van der Waals surface area contributed by atoms with Gasteiger partial charge in [0.25, 0.3) is 0 Å². The molecule has 1 aromatic rings. The molecule has 0 radical (unpaired) electrons. The molecule has 2 N–H and O–H groups in total. The summed E-state index contributed by atoms with van der Waals surface area (Å²) in [6, 6.07) is 2.01. The minimum Gasteiger partial charge on any atom is -0.478 e. The van der Waals surface area contributed by atoms with Crippen molar-refractivity contribution in [2.75, 3.05) is 16.8 Å². The van der Waals surface area contributed by atoms with Gasteiger partial charge in [0.05, 0.1) is 0 Å². The lowest BCUT2D eigenvalue weighted by Gasteiger charge is -2.23. The second kappa shape index (κ2) is 5.45. The number of aromatic nitrogens is 1. The SMILES string of the molecule is Bc1cnc(NC2CCSCC2)c(C(=O)O)c1. The highest BCUT2D eigenvalue weighted by molar-refractivity contribution is 7.99. The number of carboxylic acid groups (broad SMARTS) is 1. The molecular weight excluding hydrogens is 235 g/mol. The van der Waals surface area contributed by atoms with Crippen molar-refractivity contribution < 1.29 is 9.90 Å². The molecule has 0 amide bonds. The van der Waals surface area contributed by atoms with Crippen molar-refractivity contribution in [3.05, 3.63) is 17.8 Å². The number of hydrogen-bond acceptors (Lipinski definition) is 4. The van der Waals surface area contributed by atoms with Gasteiger partial charge in [0, 0.05) is 12.2 Å². The van der Waals surface area contributed by atoms with E-state index in [1.54, 1.807) is 12.3 Å². The quantitative estimate of drug-likeness (QED) is 0.758. The van der Waals surface area contributed by atoms with Gasteiger partial charge in [-0.05, 0) is 30.4 Å². The van der Waals surface area contributed by atoms with E-state index < -0.39 is 5.97 Å². The van der Waals surface area contributed by atoms with Crippen LogP contribution < -0.4 is 10.8 Å². The highest BCUT2D eigenvalue weighted by Crippen LogP contribution is 2.21. The molecule has 0 bridgehead atoms. The highest BCUT2D eigenvalue weighted by Gasteiger charge is 2.17. The van der Waals surface area contributed by atoms with E-state index in [4.69, 9.17) is 5.11 Å². The summed E-state index contributed by atoms with van der Waals surface area (Å²) in [6.45, 7) is 0. The molecule has 17 heavy (non-hydrogen) atoms. The maximum absolute atomic E-state index is 11.1. The molecule has 90 valence electrons. The number of rotatable bonds is 3. The highest BCUT2D eigenvalue weighted by atomic mass is 32.2. The minimum absolute atomic E-state index is 0.267. The van der Waals surface area contributed by atoms with Crippen molar-refractivity contribution in [3.8, 4) is 0 Å². The molecule has 2 rings (SSSR count). The first-order chi connectivity index (χ1) is 8.16. The first kappa shape index (κ1) is 12.3. The molecule has 1 aromatic heterocycles. The lowest BCUT2D eigenvalue weighted by atomic mass is 9.97. The van der Waals surface area contributed by atoms with Crippen LogP contribution in [0.3, 0.4) is 0 Å². The normalized spacial score (nSPS) is 16.7. The summed E-state index contributed by atoms with van der Waals surface area (Å²) in [7, 11) is 1.85. The predicted octanol–water partition coefficient (Wildman–Crippen LogP) is 0.346. The maximum Gasteiger partial charge on any atom is 0.339 e. The molecule has 1 saturated heterocycles. The minimum atomic E-state index is -0.922. The van der Waals surface area contributed by atoms with Gasteiger partial charge in [-0.25, -0.2) is 9.78 Å². The molecule has 2 heterocycles. The number of hydrogen-bond donors (Lipinski definition) is 2. The Morgan fingerprint density at radius 1 is 1.53 bits per heavy atom. The Bertz CT molecular complexity index is 422. The summed E-state index contributed by atoms with van der Waals surface area (Å²) in [5.74, 6) is 1.84. The van der Waals surface area contributed by atoms with Gasteiger partial charge in [0.15, 0.2) is 0 Å². The van der Waals surface area contributed by atoms with E-state index in [1.807, 2.05) is 19.6 Å². The second-order valence-electron chi connectivity index (χ2n) is 4.24. The second-order valence-corrected chi connectivity index (χ2v) is 5.47. The average molecular weight is 250 g/mol. The number of nitrogens with one attached hydrogen (secondary N) is 1. The summed E-state index contributed by atoms with van der Waals surface area (Å²) in [4.78, 5) is 15.3. The summed E-state index contributed by atoms with van der Waals surface area (Å²) in [5.41, 5.74) is 1.13. The molecule has 0 aromatic carbocycles. The molecule has 0 saturated carbocycles. The molecule has 0 spiro atoms. The zero-order valence-electron chi connectivity index (χ0n) is 9.77. The number of anilines is 1. The van der Waals surface area contributed by atoms with Crippen LogP contribution in [0.1, 0.15) is 23.2 Å². The standard InChI is InChI=1S/C11H15BN2O2S/c12-7-5-9(11(15)16)10(13-6-7)14-8-1-3-17-4-2-8/h5-6,8H,1-4,12H2,(H,13,14)(H,15,16). The van der Waals surface area contributed by atoms with Gasteiger partial charge in [-0.3, -0.25) is 0 Å². The fraction of sp³-hybridized carbons (Fsp3) is 0.455. The number of nitrogens with zero attached hydrogens (tertiary/aromatic N) is 1. The lowest BCUT2D eigenvalue weighted by Crippen LogP contribution is -2.26. The topological polar surface area (TPSA) is 62.2 Å². The summed E-state index contributed by atoms with van der Waals surface area (Å²) < 4.78 is 0. The van der Waals surface area contributed by atoms with Gasteiger partial charge >= 0.3 is 5.97 Å². The lowest BCUT2D eigenvalue weighted by molar-refractivity contribution is 0.0697. The van der Waals surface area contributed by atoms with Gasteiger partial charge in [0.2, 0.25) is 0 Å². The van der Waals surface area contributed by atoms with Crippen molar-refractivity contribution in [3.63, 3.8) is 0 Å². The predicted molar refractivity (Wildman–Crippen MR) is 73.3 cm³/mol. The van der Waals surface area contributed by atoms with E-state index in [2.05, 4.69) is 10.3 Å². The zero-order valence-corrected chi connectivity index (χ0v) is 10.6. The van der Waals surface area contributed by atoms with Crippen molar-refractivity contribution in [2.24, 2.45) is 0 Å². The Morgan fingerprint density at radius 2 is 2.24 bits per heavy atom. The molecule has 6 heteroatoms. The Hall–Kier alpha value is -1.17. The largest absolute Gasteiger partial charge is 0.478 e. The Kier molecular flexibility index (Phi) is 3.94. The third-order valence-electron chi connectivity index (χ3n) is 2.82. The van der Waals surface area contributed by atoms with E-state index in [0.29, 0.717) is 11.9 Å². The van der Waals surface area contributed by atoms with E-state index in [1.165, 1.54) is 0 Å². The van der Waals surface area contributed by atoms with Gasteiger partial charge in [0.1, 0.15) is 19.2 Å². The van der Waals surface area contributed by atoms with Crippen molar-refractivity contribution >= 4 is 36.9 Å². The molecule has 4 nitrogen and oxygen atoms in total. The third-order valence-corrected chi connectivity index (χ3v) is 3.87. The maximum atomic E-state index is 11.1. The first-order valence-corrected chi connectivity index (χ1v) is 6.86. The van der Waals surface area contributed by atoms with Crippen LogP contribution in [-0.2, 0) is 0 Å². The number of carboxylic acids is 1. The van der Waals surface area contributed by atoms with Crippen LogP contribution in [0.25, 0.3) is 0 Å².